The maximum atomic E-state index is 13.6. The summed E-state index contributed by atoms with van der Waals surface area (Å²) in [5.74, 6) is -0.0511. The predicted molar refractivity (Wildman–Crippen MR) is 77.4 cm³/mol. The number of hydrogen-bond acceptors (Lipinski definition) is 2. The number of hydrogen-bond donors (Lipinski definition) is 1. The second-order valence-corrected chi connectivity index (χ2v) is 4.96. The van der Waals surface area contributed by atoms with Gasteiger partial charge in [0, 0.05) is 0 Å². The fourth-order valence-electron chi connectivity index (χ4n) is 2.28. The number of benzene rings is 2. The molecule has 0 spiro atoms. The molecular formula is C17H19FO2. The number of halogens is 1. The van der Waals surface area contributed by atoms with E-state index >= 15 is 0 Å². The lowest BCUT2D eigenvalue weighted by molar-refractivity contribution is 0.159. The summed E-state index contributed by atoms with van der Waals surface area (Å²) in [6.07, 6.45) is -0.138. The predicted octanol–water partition coefficient (Wildman–Crippen LogP) is 4.06. The van der Waals surface area contributed by atoms with Gasteiger partial charge in [-0.3, -0.25) is 0 Å². The minimum atomic E-state index is -0.689. The average molecular weight is 274 g/mol. The van der Waals surface area contributed by atoms with Gasteiger partial charge < -0.3 is 9.84 Å². The van der Waals surface area contributed by atoms with E-state index in [2.05, 4.69) is 6.92 Å². The molecule has 2 atom stereocenters. The van der Waals surface area contributed by atoms with Crippen molar-refractivity contribution in [2.75, 3.05) is 7.11 Å². The minimum absolute atomic E-state index is 0.192. The van der Waals surface area contributed by atoms with Gasteiger partial charge in [-0.15, -0.1) is 0 Å². The number of ether oxygens (including phenoxy) is 1. The van der Waals surface area contributed by atoms with E-state index in [1.165, 1.54) is 18.7 Å². The molecule has 0 aliphatic heterocycles. The van der Waals surface area contributed by atoms with Crippen molar-refractivity contribution in [1.82, 2.24) is 0 Å². The second-order valence-electron chi connectivity index (χ2n) is 4.96. The van der Waals surface area contributed by atoms with Crippen molar-refractivity contribution in [2.24, 2.45) is 0 Å². The summed E-state index contributed by atoms with van der Waals surface area (Å²) in [5.41, 5.74) is 1.74. The first-order valence-corrected chi connectivity index (χ1v) is 6.68. The highest BCUT2D eigenvalue weighted by molar-refractivity contribution is 5.31. The van der Waals surface area contributed by atoms with Crippen LogP contribution < -0.4 is 4.74 Å². The van der Waals surface area contributed by atoms with Gasteiger partial charge in [-0.2, -0.15) is 0 Å². The van der Waals surface area contributed by atoms with Crippen LogP contribution >= 0.6 is 0 Å². The van der Waals surface area contributed by atoms with Crippen molar-refractivity contribution in [3.05, 3.63) is 65.5 Å². The molecule has 2 unspecified atom stereocenters. The lowest BCUT2D eigenvalue weighted by Gasteiger charge is -2.17. The van der Waals surface area contributed by atoms with Gasteiger partial charge in [0.25, 0.3) is 0 Å². The lowest BCUT2D eigenvalue weighted by Crippen LogP contribution is -2.04. The normalized spacial score (nSPS) is 13.8. The zero-order chi connectivity index (χ0) is 14.5. The van der Waals surface area contributed by atoms with E-state index in [0.29, 0.717) is 12.0 Å². The van der Waals surface area contributed by atoms with Gasteiger partial charge in [-0.25, -0.2) is 4.39 Å². The average Bonchev–Trinajstić information content (AvgIpc) is 2.48. The molecule has 0 saturated carbocycles. The summed E-state index contributed by atoms with van der Waals surface area (Å²) >= 11 is 0. The molecule has 2 nitrogen and oxygen atoms in total. The molecule has 0 aliphatic carbocycles. The van der Waals surface area contributed by atoms with Crippen LogP contribution in [0.1, 0.15) is 36.5 Å². The van der Waals surface area contributed by atoms with Crippen LogP contribution in [0.2, 0.25) is 0 Å². The van der Waals surface area contributed by atoms with Crippen molar-refractivity contribution in [2.45, 2.75) is 25.4 Å². The topological polar surface area (TPSA) is 29.5 Å². The summed E-state index contributed by atoms with van der Waals surface area (Å²) in [5, 5.41) is 10.2. The first-order valence-electron chi connectivity index (χ1n) is 6.68. The molecule has 0 radical (unpaired) electrons. The van der Waals surface area contributed by atoms with E-state index in [9.17, 15) is 9.50 Å². The molecule has 1 N–H and O–H groups in total. The van der Waals surface area contributed by atoms with Gasteiger partial charge in [-0.1, -0.05) is 43.3 Å². The van der Waals surface area contributed by atoms with Crippen molar-refractivity contribution in [3.8, 4) is 5.75 Å². The molecule has 0 amide bonds. The van der Waals surface area contributed by atoms with Crippen molar-refractivity contribution in [1.29, 1.82) is 0 Å². The molecule has 2 rings (SSSR count). The molecule has 0 heterocycles. The fourth-order valence-corrected chi connectivity index (χ4v) is 2.28. The first-order chi connectivity index (χ1) is 9.61. The van der Waals surface area contributed by atoms with Crippen LogP contribution in [0.4, 0.5) is 4.39 Å². The summed E-state index contributed by atoms with van der Waals surface area (Å²) in [6.45, 7) is 2.05. The zero-order valence-electron chi connectivity index (χ0n) is 11.7. The Balaban J connectivity index is 2.08. The van der Waals surface area contributed by atoms with Crippen LogP contribution in [0.15, 0.2) is 48.5 Å². The van der Waals surface area contributed by atoms with Gasteiger partial charge >= 0.3 is 0 Å². The molecule has 0 aliphatic rings. The van der Waals surface area contributed by atoms with Gasteiger partial charge in [0.1, 0.15) is 0 Å². The van der Waals surface area contributed by atoms with E-state index in [4.69, 9.17) is 4.74 Å². The quantitative estimate of drug-likeness (QED) is 0.891. The SMILES string of the molecule is COc1ccc(C(O)CC(C)c2ccccc2)cc1F. The van der Waals surface area contributed by atoms with E-state index in [0.717, 1.165) is 0 Å². The molecule has 2 aromatic rings. The van der Waals surface area contributed by atoms with Crippen LogP contribution in [0.5, 0.6) is 5.75 Å². The Labute approximate surface area is 118 Å². The molecule has 20 heavy (non-hydrogen) atoms. The highest BCUT2D eigenvalue weighted by Gasteiger charge is 2.15. The Bertz CT molecular complexity index is 554. The van der Waals surface area contributed by atoms with Gasteiger partial charge in [0.05, 0.1) is 13.2 Å². The number of methoxy groups -OCH3 is 1. The summed E-state index contributed by atoms with van der Waals surface area (Å²) in [7, 11) is 1.42. The lowest BCUT2D eigenvalue weighted by atomic mass is 9.92. The molecular weight excluding hydrogens is 255 g/mol. The first kappa shape index (κ1) is 14.5. The Hall–Kier alpha value is -1.87. The maximum absolute atomic E-state index is 13.6. The van der Waals surface area contributed by atoms with E-state index in [1.807, 2.05) is 30.3 Å². The third-order valence-corrected chi connectivity index (χ3v) is 3.51. The minimum Gasteiger partial charge on any atom is -0.494 e. The largest absolute Gasteiger partial charge is 0.494 e. The fraction of sp³-hybridized carbons (Fsp3) is 0.294. The van der Waals surface area contributed by atoms with E-state index in [1.54, 1.807) is 12.1 Å². The standard InChI is InChI=1S/C17H19FO2/c1-12(13-6-4-3-5-7-13)10-16(19)14-8-9-17(20-2)15(18)11-14/h3-9,11-12,16,19H,10H2,1-2H3. The third-order valence-electron chi connectivity index (χ3n) is 3.51. The highest BCUT2D eigenvalue weighted by Crippen LogP contribution is 2.29. The second kappa shape index (κ2) is 6.53. The van der Waals surface area contributed by atoms with Crippen molar-refractivity contribution < 1.29 is 14.2 Å². The highest BCUT2D eigenvalue weighted by atomic mass is 19.1. The van der Waals surface area contributed by atoms with Crippen molar-refractivity contribution in [3.63, 3.8) is 0 Å². The molecule has 0 bridgehead atoms. The summed E-state index contributed by atoms with van der Waals surface area (Å²) < 4.78 is 18.5. The molecule has 0 saturated heterocycles. The zero-order valence-corrected chi connectivity index (χ0v) is 11.7. The Kier molecular flexibility index (Phi) is 4.74. The van der Waals surface area contributed by atoms with Gasteiger partial charge in [-0.05, 0) is 35.6 Å². The summed E-state index contributed by atoms with van der Waals surface area (Å²) in [6, 6.07) is 14.6. The van der Waals surface area contributed by atoms with Crippen LogP contribution in [0.25, 0.3) is 0 Å². The smallest absolute Gasteiger partial charge is 0.165 e. The molecule has 3 heteroatoms. The van der Waals surface area contributed by atoms with E-state index < -0.39 is 11.9 Å². The Morgan fingerprint density at radius 3 is 2.40 bits per heavy atom. The number of rotatable bonds is 5. The van der Waals surface area contributed by atoms with Crippen LogP contribution in [0.3, 0.4) is 0 Å². The Morgan fingerprint density at radius 2 is 1.80 bits per heavy atom. The molecule has 106 valence electrons. The third kappa shape index (κ3) is 3.36. The molecule has 0 aromatic heterocycles. The molecule has 2 aromatic carbocycles. The van der Waals surface area contributed by atoms with Crippen LogP contribution in [0, 0.1) is 5.82 Å². The van der Waals surface area contributed by atoms with Gasteiger partial charge in [0.2, 0.25) is 0 Å². The van der Waals surface area contributed by atoms with Crippen LogP contribution in [-0.2, 0) is 0 Å². The maximum Gasteiger partial charge on any atom is 0.165 e. The van der Waals surface area contributed by atoms with Crippen molar-refractivity contribution >= 4 is 0 Å². The summed E-state index contributed by atoms with van der Waals surface area (Å²) in [4.78, 5) is 0. The van der Waals surface area contributed by atoms with E-state index in [-0.39, 0.29) is 11.7 Å². The number of aliphatic hydroxyl groups is 1. The molecule has 0 fully saturated rings. The number of aliphatic hydroxyl groups excluding tert-OH is 1. The Morgan fingerprint density at radius 1 is 1.10 bits per heavy atom. The monoisotopic (exact) mass is 274 g/mol. The van der Waals surface area contributed by atoms with Gasteiger partial charge in [0.15, 0.2) is 11.6 Å². The van der Waals surface area contributed by atoms with Crippen LogP contribution in [-0.4, -0.2) is 12.2 Å².